The van der Waals surface area contributed by atoms with Crippen molar-refractivity contribution in [1.29, 1.82) is 0 Å². The Hall–Kier alpha value is -0.610. The molecule has 0 aliphatic rings. The van der Waals surface area contributed by atoms with E-state index in [1.54, 1.807) is 6.92 Å². The van der Waals surface area contributed by atoms with Crippen molar-refractivity contribution in [2.75, 3.05) is 7.05 Å². The van der Waals surface area contributed by atoms with Crippen LogP contribution in [0.15, 0.2) is 0 Å². The van der Waals surface area contributed by atoms with E-state index in [9.17, 15) is 4.79 Å². The highest BCUT2D eigenvalue weighted by Gasteiger charge is 2.08. The SMILES string of the molecule is CC(N)C(=O)N(C)N. The lowest BCUT2D eigenvalue weighted by atomic mass is 10.3. The molecule has 0 aromatic rings. The molecule has 8 heavy (non-hydrogen) atoms. The number of carbonyl (C=O) groups is 1. The summed E-state index contributed by atoms with van der Waals surface area (Å²) in [5.74, 6) is 4.78. The zero-order valence-electron chi connectivity index (χ0n) is 5.09. The third-order valence-corrected chi connectivity index (χ3v) is 0.737. The highest BCUT2D eigenvalue weighted by atomic mass is 16.2. The summed E-state index contributed by atoms with van der Waals surface area (Å²) < 4.78 is 0. The Balaban J connectivity index is 3.65. The number of hydrogen-bond acceptors (Lipinski definition) is 3. The molecule has 1 atom stereocenters. The van der Waals surface area contributed by atoms with Gasteiger partial charge in [0, 0.05) is 7.05 Å². The maximum atomic E-state index is 10.5. The number of amides is 1. The third kappa shape index (κ3) is 1.90. The van der Waals surface area contributed by atoms with E-state index in [0.717, 1.165) is 5.01 Å². The smallest absolute Gasteiger partial charge is 0.252 e. The zero-order chi connectivity index (χ0) is 6.73. The summed E-state index contributed by atoms with van der Waals surface area (Å²) >= 11 is 0. The fourth-order valence-electron chi connectivity index (χ4n) is 0.321. The first-order chi connectivity index (χ1) is 3.55. The first-order valence-electron chi connectivity index (χ1n) is 2.33. The van der Waals surface area contributed by atoms with Crippen molar-refractivity contribution in [1.82, 2.24) is 5.01 Å². The van der Waals surface area contributed by atoms with Crippen LogP contribution in [0.2, 0.25) is 0 Å². The molecule has 4 N–H and O–H groups in total. The zero-order valence-corrected chi connectivity index (χ0v) is 5.09. The predicted molar refractivity (Wildman–Crippen MR) is 30.6 cm³/mol. The summed E-state index contributed by atoms with van der Waals surface area (Å²) in [6.07, 6.45) is 0. The van der Waals surface area contributed by atoms with Crippen molar-refractivity contribution in [2.45, 2.75) is 13.0 Å². The van der Waals surface area contributed by atoms with E-state index in [1.807, 2.05) is 0 Å². The van der Waals surface area contributed by atoms with Crippen LogP contribution in [0.5, 0.6) is 0 Å². The second kappa shape index (κ2) is 2.64. The Bertz CT molecular complexity index is 79.3. The molecule has 0 radical (unpaired) electrons. The Morgan fingerprint density at radius 1 is 1.75 bits per heavy atom. The molecule has 4 heteroatoms. The average Bonchev–Trinajstić information content (AvgIpc) is 1.64. The van der Waals surface area contributed by atoms with E-state index < -0.39 is 6.04 Å². The number of hydrogen-bond donors (Lipinski definition) is 2. The maximum Gasteiger partial charge on any atom is 0.252 e. The molecule has 0 spiro atoms. The molecule has 0 rings (SSSR count). The van der Waals surface area contributed by atoms with E-state index in [0.29, 0.717) is 0 Å². The third-order valence-electron chi connectivity index (χ3n) is 0.737. The van der Waals surface area contributed by atoms with Gasteiger partial charge in [0.25, 0.3) is 5.91 Å². The van der Waals surface area contributed by atoms with E-state index in [4.69, 9.17) is 11.6 Å². The van der Waals surface area contributed by atoms with Gasteiger partial charge in [-0.25, -0.2) is 5.84 Å². The molecular formula is C4H11N3O. The fraction of sp³-hybridized carbons (Fsp3) is 0.750. The van der Waals surface area contributed by atoms with Gasteiger partial charge in [-0.1, -0.05) is 0 Å². The summed E-state index contributed by atoms with van der Waals surface area (Å²) in [5.41, 5.74) is 5.17. The lowest BCUT2D eigenvalue weighted by Gasteiger charge is -2.11. The van der Waals surface area contributed by atoms with Crippen molar-refractivity contribution in [3.63, 3.8) is 0 Å². The molecule has 1 unspecified atom stereocenters. The fourth-order valence-corrected chi connectivity index (χ4v) is 0.321. The van der Waals surface area contributed by atoms with Gasteiger partial charge in [-0.15, -0.1) is 0 Å². The molecule has 0 bridgehead atoms. The molecule has 0 aliphatic heterocycles. The number of nitrogens with two attached hydrogens (primary N) is 2. The molecule has 0 saturated heterocycles. The second-order valence-corrected chi connectivity index (χ2v) is 1.74. The molecule has 0 heterocycles. The number of hydrazine groups is 1. The quantitative estimate of drug-likeness (QED) is 0.254. The Labute approximate surface area is 48.4 Å². The van der Waals surface area contributed by atoms with Crippen LogP contribution in [-0.4, -0.2) is 24.0 Å². The highest BCUT2D eigenvalue weighted by Crippen LogP contribution is 1.78. The second-order valence-electron chi connectivity index (χ2n) is 1.74. The standard InChI is InChI=1S/C4H11N3O/c1-3(5)4(8)7(2)6/h3H,5-6H2,1-2H3. The molecule has 0 aliphatic carbocycles. The van der Waals surface area contributed by atoms with Gasteiger partial charge in [-0.05, 0) is 6.92 Å². The van der Waals surface area contributed by atoms with E-state index in [-0.39, 0.29) is 5.91 Å². The van der Waals surface area contributed by atoms with Gasteiger partial charge in [0.2, 0.25) is 0 Å². The van der Waals surface area contributed by atoms with Gasteiger partial charge in [0.15, 0.2) is 0 Å². The van der Waals surface area contributed by atoms with Crippen molar-refractivity contribution in [3.8, 4) is 0 Å². The first-order valence-corrected chi connectivity index (χ1v) is 2.33. The van der Waals surface area contributed by atoms with Gasteiger partial charge in [-0.3, -0.25) is 9.80 Å². The van der Waals surface area contributed by atoms with Crippen molar-refractivity contribution in [3.05, 3.63) is 0 Å². The Morgan fingerprint density at radius 2 is 2.12 bits per heavy atom. The van der Waals surface area contributed by atoms with Crippen molar-refractivity contribution < 1.29 is 4.79 Å². The van der Waals surface area contributed by atoms with Crippen LogP contribution >= 0.6 is 0 Å². The predicted octanol–water partition coefficient (Wildman–Crippen LogP) is -1.33. The maximum absolute atomic E-state index is 10.5. The van der Waals surface area contributed by atoms with Gasteiger partial charge >= 0.3 is 0 Å². The Morgan fingerprint density at radius 3 is 2.12 bits per heavy atom. The van der Waals surface area contributed by atoms with Crippen molar-refractivity contribution >= 4 is 5.91 Å². The molecule has 4 nitrogen and oxygen atoms in total. The highest BCUT2D eigenvalue weighted by molar-refractivity contribution is 5.80. The summed E-state index contributed by atoms with van der Waals surface area (Å²) in [5, 5.41) is 0.977. The van der Waals surface area contributed by atoms with Gasteiger partial charge in [0.1, 0.15) is 0 Å². The minimum atomic E-state index is -0.495. The van der Waals surface area contributed by atoms with Crippen LogP contribution in [0.3, 0.4) is 0 Å². The van der Waals surface area contributed by atoms with E-state index in [2.05, 4.69) is 0 Å². The normalized spacial score (nSPS) is 13.0. The van der Waals surface area contributed by atoms with Crippen LogP contribution in [0.4, 0.5) is 0 Å². The van der Waals surface area contributed by atoms with E-state index in [1.165, 1.54) is 7.05 Å². The minimum absolute atomic E-state index is 0.259. The number of carbonyl (C=O) groups excluding carboxylic acids is 1. The van der Waals surface area contributed by atoms with Crippen LogP contribution in [0.1, 0.15) is 6.92 Å². The molecule has 0 aromatic carbocycles. The molecule has 1 amide bonds. The topological polar surface area (TPSA) is 72.4 Å². The molecular weight excluding hydrogens is 106 g/mol. The van der Waals surface area contributed by atoms with Gasteiger partial charge < -0.3 is 5.73 Å². The van der Waals surface area contributed by atoms with Crippen LogP contribution in [0.25, 0.3) is 0 Å². The van der Waals surface area contributed by atoms with Gasteiger partial charge in [0.05, 0.1) is 6.04 Å². The molecule has 0 fully saturated rings. The lowest BCUT2D eigenvalue weighted by molar-refractivity contribution is -0.131. The van der Waals surface area contributed by atoms with Crippen LogP contribution < -0.4 is 11.6 Å². The Kier molecular flexibility index (Phi) is 2.44. The minimum Gasteiger partial charge on any atom is -0.320 e. The molecule has 0 aromatic heterocycles. The van der Waals surface area contributed by atoms with Crippen LogP contribution in [-0.2, 0) is 4.79 Å². The van der Waals surface area contributed by atoms with Gasteiger partial charge in [-0.2, -0.15) is 0 Å². The summed E-state index contributed by atoms with van der Waals surface area (Å²) in [6, 6.07) is -0.495. The van der Waals surface area contributed by atoms with Crippen LogP contribution in [0, 0.1) is 0 Å². The summed E-state index contributed by atoms with van der Waals surface area (Å²) in [7, 11) is 1.46. The average molecular weight is 117 g/mol. The summed E-state index contributed by atoms with van der Waals surface area (Å²) in [6.45, 7) is 1.59. The molecule has 48 valence electrons. The molecule has 0 saturated carbocycles. The largest absolute Gasteiger partial charge is 0.320 e. The van der Waals surface area contributed by atoms with E-state index >= 15 is 0 Å². The number of rotatable bonds is 1. The lowest BCUT2D eigenvalue weighted by Crippen LogP contribution is -2.43. The number of likely N-dealkylation sites (N-methyl/N-ethyl adjacent to an activating group) is 1. The monoisotopic (exact) mass is 117 g/mol. The first kappa shape index (κ1) is 7.39. The van der Waals surface area contributed by atoms with Crippen molar-refractivity contribution in [2.24, 2.45) is 11.6 Å². The summed E-state index contributed by atoms with van der Waals surface area (Å²) in [4.78, 5) is 10.5. The number of nitrogens with zero attached hydrogens (tertiary/aromatic N) is 1.